The molecule has 228 valence electrons. The maximum Gasteiger partial charge on any atom is 0.272 e. The van der Waals surface area contributed by atoms with Gasteiger partial charge in [0.2, 0.25) is 5.91 Å². The number of rotatable bonds is 6. The van der Waals surface area contributed by atoms with Gasteiger partial charge in [0.1, 0.15) is 23.1 Å². The van der Waals surface area contributed by atoms with Crippen LogP contribution >= 0.6 is 11.3 Å². The Balaban J connectivity index is 1.12. The van der Waals surface area contributed by atoms with E-state index in [1.165, 1.54) is 0 Å². The number of thiazole rings is 1. The molecule has 0 bridgehead atoms. The molecule has 1 N–H and O–H groups in total. The zero-order valence-corrected chi connectivity index (χ0v) is 25.8. The zero-order valence-electron chi connectivity index (χ0n) is 25.0. The van der Waals surface area contributed by atoms with E-state index in [0.29, 0.717) is 60.7 Å². The van der Waals surface area contributed by atoms with E-state index in [2.05, 4.69) is 10.3 Å². The lowest BCUT2D eigenvalue weighted by molar-refractivity contribution is -0.121. The molecule has 1 aliphatic carbocycles. The Bertz CT molecular complexity index is 1700. The Labute approximate surface area is 260 Å². The summed E-state index contributed by atoms with van der Waals surface area (Å²) in [4.78, 5) is 52.3. The SMILES string of the molecule is CC(=O)NC1CC2(CCN(C(=O)c3cc(C(=O)N4CCCCC4)c4cc(OCc5nc6ccccc6s5)ccc4n3)CC2)C1. The maximum atomic E-state index is 13.9. The third kappa shape index (κ3) is 5.75. The van der Waals surface area contributed by atoms with Crippen LogP contribution in [0.15, 0.2) is 48.5 Å². The highest BCUT2D eigenvalue weighted by Gasteiger charge is 2.46. The molecule has 4 heterocycles. The molecule has 3 amide bonds. The molecular weight excluding hydrogens is 574 g/mol. The second-order valence-electron chi connectivity index (χ2n) is 12.5. The highest BCUT2D eigenvalue weighted by molar-refractivity contribution is 7.18. The summed E-state index contributed by atoms with van der Waals surface area (Å²) in [5.41, 5.74) is 2.57. The Morgan fingerprint density at radius 2 is 1.66 bits per heavy atom. The number of carbonyl (C=O) groups is 3. The van der Waals surface area contributed by atoms with Gasteiger partial charge in [-0.3, -0.25) is 14.4 Å². The molecule has 2 aromatic carbocycles. The molecule has 1 saturated carbocycles. The van der Waals surface area contributed by atoms with Gasteiger partial charge in [0, 0.05) is 44.5 Å². The van der Waals surface area contributed by atoms with Gasteiger partial charge in [-0.05, 0) is 86.8 Å². The molecule has 4 aromatic rings. The normalized spacial score (nSPS) is 18.4. The van der Waals surface area contributed by atoms with E-state index in [0.717, 1.165) is 60.2 Å². The van der Waals surface area contributed by atoms with Gasteiger partial charge in [-0.15, -0.1) is 11.3 Å². The molecule has 2 saturated heterocycles. The average molecular weight is 612 g/mol. The molecule has 3 fully saturated rings. The molecule has 0 atom stereocenters. The summed E-state index contributed by atoms with van der Waals surface area (Å²) in [6, 6.07) is 15.5. The minimum atomic E-state index is -0.136. The van der Waals surface area contributed by atoms with Crippen molar-refractivity contribution in [2.24, 2.45) is 5.41 Å². The van der Waals surface area contributed by atoms with E-state index < -0.39 is 0 Å². The average Bonchev–Trinajstić information content (AvgIpc) is 3.45. The molecule has 1 spiro atoms. The van der Waals surface area contributed by atoms with Crippen LogP contribution in [0, 0.1) is 5.41 Å². The summed E-state index contributed by atoms with van der Waals surface area (Å²) in [6.45, 7) is 4.62. The van der Waals surface area contributed by atoms with Crippen molar-refractivity contribution in [3.05, 3.63) is 64.8 Å². The molecule has 7 rings (SSSR count). The zero-order chi connectivity index (χ0) is 30.3. The van der Waals surface area contributed by atoms with E-state index in [9.17, 15) is 14.4 Å². The van der Waals surface area contributed by atoms with Crippen LogP contribution < -0.4 is 10.1 Å². The summed E-state index contributed by atoms with van der Waals surface area (Å²) < 4.78 is 7.26. The number of ether oxygens (including phenoxy) is 1. The molecule has 0 radical (unpaired) electrons. The van der Waals surface area contributed by atoms with E-state index in [1.54, 1.807) is 24.3 Å². The van der Waals surface area contributed by atoms with E-state index in [-0.39, 0.29) is 29.2 Å². The predicted octanol–water partition coefficient (Wildman–Crippen LogP) is 5.57. The molecular formula is C34H37N5O4S. The number of hydrogen-bond acceptors (Lipinski definition) is 7. The predicted molar refractivity (Wildman–Crippen MR) is 170 cm³/mol. The molecule has 2 aromatic heterocycles. The van der Waals surface area contributed by atoms with Crippen LogP contribution in [0.5, 0.6) is 5.75 Å². The van der Waals surface area contributed by atoms with Crippen LogP contribution in [0.2, 0.25) is 0 Å². The van der Waals surface area contributed by atoms with Crippen LogP contribution in [0.4, 0.5) is 0 Å². The summed E-state index contributed by atoms with van der Waals surface area (Å²) >= 11 is 1.60. The monoisotopic (exact) mass is 611 g/mol. The number of carbonyl (C=O) groups excluding carboxylic acids is 3. The molecule has 10 heteroatoms. The smallest absolute Gasteiger partial charge is 0.272 e. The number of nitrogens with one attached hydrogen (secondary N) is 1. The van der Waals surface area contributed by atoms with Crippen LogP contribution in [0.25, 0.3) is 21.1 Å². The highest BCUT2D eigenvalue weighted by Crippen LogP contribution is 2.49. The topological polar surface area (TPSA) is 105 Å². The molecule has 0 unspecified atom stereocenters. The fraction of sp³-hybridized carbons (Fsp3) is 0.441. The van der Waals surface area contributed by atoms with Crippen molar-refractivity contribution in [3.63, 3.8) is 0 Å². The van der Waals surface area contributed by atoms with E-state index in [4.69, 9.17) is 9.72 Å². The molecule has 9 nitrogen and oxygen atoms in total. The summed E-state index contributed by atoms with van der Waals surface area (Å²) in [6.07, 6.45) is 6.86. The van der Waals surface area contributed by atoms with Gasteiger partial charge in [-0.25, -0.2) is 9.97 Å². The number of nitrogens with zero attached hydrogens (tertiary/aromatic N) is 4. The van der Waals surface area contributed by atoms with E-state index >= 15 is 0 Å². The number of para-hydroxylation sites is 1. The number of benzene rings is 2. The Kier molecular flexibility index (Phi) is 7.70. The number of hydrogen-bond donors (Lipinski definition) is 1. The van der Waals surface area contributed by atoms with Gasteiger partial charge >= 0.3 is 0 Å². The van der Waals surface area contributed by atoms with Crippen LogP contribution in [-0.2, 0) is 11.4 Å². The van der Waals surface area contributed by atoms with E-state index in [1.807, 2.05) is 52.3 Å². The number of pyridine rings is 1. The largest absolute Gasteiger partial charge is 0.486 e. The van der Waals surface area contributed by atoms with Crippen molar-refractivity contribution < 1.29 is 19.1 Å². The van der Waals surface area contributed by atoms with Crippen molar-refractivity contribution in [3.8, 4) is 5.75 Å². The van der Waals surface area contributed by atoms with Gasteiger partial charge in [-0.1, -0.05) is 12.1 Å². The number of fused-ring (bicyclic) bond motifs is 2. The van der Waals surface area contributed by atoms with Gasteiger partial charge in [0.25, 0.3) is 11.8 Å². The number of piperidine rings is 2. The lowest BCUT2D eigenvalue weighted by Crippen LogP contribution is -2.55. The van der Waals surface area contributed by atoms with Crippen LogP contribution in [0.1, 0.15) is 77.7 Å². The van der Waals surface area contributed by atoms with Gasteiger partial charge in [0.05, 0.1) is 21.3 Å². The number of amides is 3. The van der Waals surface area contributed by atoms with Gasteiger partial charge < -0.3 is 19.9 Å². The first kappa shape index (κ1) is 28.7. The van der Waals surface area contributed by atoms with Crippen molar-refractivity contribution in [1.82, 2.24) is 25.1 Å². The summed E-state index contributed by atoms with van der Waals surface area (Å²) in [7, 11) is 0. The van der Waals surface area contributed by atoms with Crippen molar-refractivity contribution in [2.45, 2.75) is 64.5 Å². The van der Waals surface area contributed by atoms with Gasteiger partial charge in [-0.2, -0.15) is 0 Å². The third-order valence-corrected chi connectivity index (χ3v) is 10.5. The standard InChI is InChI=1S/C34H37N5O4S/c1-22(40)35-23-19-34(20-23)11-15-39(16-12-34)33(42)29-18-26(32(41)38-13-5-2-6-14-38)25-17-24(9-10-27(25)36-29)43-21-31-37-28-7-3-4-8-30(28)44-31/h3-4,7-10,17-18,23H,2,5-6,11-16,19-21H2,1H3,(H,35,40). The first-order valence-corrected chi connectivity index (χ1v) is 16.5. The summed E-state index contributed by atoms with van der Waals surface area (Å²) in [5, 5.41) is 4.59. The fourth-order valence-corrected chi connectivity index (χ4v) is 7.99. The van der Waals surface area contributed by atoms with Crippen LogP contribution in [0.3, 0.4) is 0 Å². The number of aromatic nitrogens is 2. The second-order valence-corrected chi connectivity index (χ2v) is 13.7. The second kappa shape index (κ2) is 11.8. The maximum absolute atomic E-state index is 13.9. The van der Waals surface area contributed by atoms with Crippen LogP contribution in [-0.4, -0.2) is 69.7 Å². The first-order valence-electron chi connectivity index (χ1n) is 15.6. The number of likely N-dealkylation sites (tertiary alicyclic amines) is 2. The lowest BCUT2D eigenvalue weighted by Gasteiger charge is -2.52. The Hall–Kier alpha value is -4.05. The minimum Gasteiger partial charge on any atom is -0.486 e. The first-order chi connectivity index (χ1) is 21.4. The quantitative estimate of drug-likeness (QED) is 0.306. The lowest BCUT2D eigenvalue weighted by atomic mass is 9.60. The molecule has 44 heavy (non-hydrogen) atoms. The van der Waals surface area contributed by atoms with Gasteiger partial charge in [0.15, 0.2) is 0 Å². The van der Waals surface area contributed by atoms with Crippen molar-refractivity contribution >= 4 is 50.2 Å². The Morgan fingerprint density at radius 3 is 2.41 bits per heavy atom. The third-order valence-electron chi connectivity index (χ3n) is 9.45. The van der Waals surface area contributed by atoms with Crippen molar-refractivity contribution in [1.29, 1.82) is 0 Å². The summed E-state index contributed by atoms with van der Waals surface area (Å²) in [5.74, 6) is 0.445. The highest BCUT2D eigenvalue weighted by atomic mass is 32.1. The van der Waals surface area contributed by atoms with Crippen molar-refractivity contribution in [2.75, 3.05) is 26.2 Å². The Morgan fingerprint density at radius 1 is 0.909 bits per heavy atom. The molecule has 2 aliphatic heterocycles. The minimum absolute atomic E-state index is 0.0154. The fourth-order valence-electron chi connectivity index (χ4n) is 7.10. The molecule has 3 aliphatic rings.